The van der Waals surface area contributed by atoms with Gasteiger partial charge in [0.1, 0.15) is 0 Å². The molecule has 0 aromatic heterocycles. The van der Waals surface area contributed by atoms with Crippen molar-refractivity contribution in [1.29, 1.82) is 0 Å². The Bertz CT molecular complexity index is 610. The molecule has 31 heavy (non-hydrogen) atoms. The molecule has 1 N–H and O–H groups in total. The monoisotopic (exact) mass is 456 g/mol. The van der Waals surface area contributed by atoms with E-state index in [4.69, 9.17) is 4.55 Å². The number of hydrogen-bond acceptors (Lipinski definition) is 2. The maximum Gasteiger partial charge on any atom is 0.294 e. The first-order chi connectivity index (χ1) is 14.7. The Kier molecular flexibility index (Phi) is 17.1. The molecule has 0 spiro atoms. The topological polar surface area (TPSA) is 54.4 Å². The highest BCUT2D eigenvalue weighted by atomic mass is 32.2. The van der Waals surface area contributed by atoms with Gasteiger partial charge < -0.3 is 4.48 Å². The third-order valence-corrected chi connectivity index (χ3v) is 6.84. The Morgan fingerprint density at radius 3 is 1.32 bits per heavy atom. The molecule has 0 saturated carbocycles. The fourth-order valence-electron chi connectivity index (χ4n) is 3.81. The van der Waals surface area contributed by atoms with Gasteiger partial charge in [-0.15, -0.1) is 0 Å². The number of hydrogen-bond donors (Lipinski definition) is 1. The molecule has 0 amide bonds. The van der Waals surface area contributed by atoms with Gasteiger partial charge in [0.15, 0.2) is 0 Å². The molecule has 1 aromatic rings. The van der Waals surface area contributed by atoms with E-state index in [-0.39, 0.29) is 4.90 Å². The van der Waals surface area contributed by atoms with E-state index in [0.717, 1.165) is 5.56 Å². The molecule has 182 valence electrons. The summed E-state index contributed by atoms with van der Waals surface area (Å²) >= 11 is 0. The van der Waals surface area contributed by atoms with Gasteiger partial charge in [-0.2, -0.15) is 8.42 Å². The van der Waals surface area contributed by atoms with Crippen LogP contribution in [-0.2, 0) is 10.1 Å². The molecule has 0 atom stereocenters. The number of aryl methyl sites for hydroxylation is 1. The molecule has 0 radical (unpaired) electrons. The number of nitrogens with zero attached hydrogens (tertiary/aromatic N) is 1. The van der Waals surface area contributed by atoms with E-state index in [2.05, 4.69) is 27.8 Å². The van der Waals surface area contributed by atoms with E-state index >= 15 is 0 Å². The van der Waals surface area contributed by atoms with Gasteiger partial charge in [0.25, 0.3) is 10.1 Å². The fourth-order valence-corrected chi connectivity index (χ4v) is 4.29. The number of rotatable bonds is 16. The zero-order valence-corrected chi connectivity index (χ0v) is 21.9. The SMILES string of the molecule is CCCCCC[N+](C)(CCCCCC)CCCCCC.Cc1ccc(S(=O)(=O)O)cc1. The highest BCUT2D eigenvalue weighted by molar-refractivity contribution is 7.85. The van der Waals surface area contributed by atoms with Crippen LogP contribution in [0.4, 0.5) is 0 Å². The molecule has 1 rings (SSSR count). The first-order valence-corrected chi connectivity index (χ1v) is 14.0. The van der Waals surface area contributed by atoms with Crippen LogP contribution in [0.15, 0.2) is 29.2 Å². The molecule has 4 nitrogen and oxygen atoms in total. The minimum atomic E-state index is -4.02. The number of unbranched alkanes of at least 4 members (excludes halogenated alkanes) is 9. The van der Waals surface area contributed by atoms with Crippen molar-refractivity contribution >= 4 is 10.1 Å². The molecule has 0 bridgehead atoms. The van der Waals surface area contributed by atoms with Gasteiger partial charge in [-0.3, -0.25) is 4.55 Å². The molecule has 5 heteroatoms. The molecule has 0 aliphatic carbocycles. The average molecular weight is 457 g/mol. The summed E-state index contributed by atoms with van der Waals surface area (Å²) in [7, 11) is -1.50. The van der Waals surface area contributed by atoms with Gasteiger partial charge in [0, 0.05) is 0 Å². The maximum absolute atomic E-state index is 10.5. The van der Waals surface area contributed by atoms with Crippen LogP contribution in [0.3, 0.4) is 0 Å². The predicted octanol–water partition coefficient (Wildman–Crippen LogP) is 7.42. The van der Waals surface area contributed by atoms with Crippen molar-refractivity contribution in [2.45, 2.75) is 110 Å². The van der Waals surface area contributed by atoms with E-state index in [0.29, 0.717) is 0 Å². The van der Waals surface area contributed by atoms with Crippen molar-refractivity contribution in [2.24, 2.45) is 0 Å². The van der Waals surface area contributed by atoms with Crippen LogP contribution in [0.2, 0.25) is 0 Å². The number of quaternary nitrogens is 1. The van der Waals surface area contributed by atoms with E-state index in [1.807, 2.05) is 6.92 Å². The number of benzene rings is 1. The lowest BCUT2D eigenvalue weighted by Crippen LogP contribution is -2.46. The second kappa shape index (κ2) is 17.6. The first-order valence-electron chi connectivity index (χ1n) is 12.6. The van der Waals surface area contributed by atoms with Gasteiger partial charge in [-0.25, -0.2) is 0 Å². The molecular weight excluding hydrogens is 406 g/mol. The molecule has 0 aliphatic rings. The maximum atomic E-state index is 10.5. The van der Waals surface area contributed by atoms with Crippen LogP contribution >= 0.6 is 0 Å². The van der Waals surface area contributed by atoms with Crippen molar-refractivity contribution in [2.75, 3.05) is 26.7 Å². The van der Waals surface area contributed by atoms with Gasteiger partial charge in [-0.1, -0.05) is 77.0 Å². The molecule has 0 unspecified atom stereocenters. The second-order valence-corrected chi connectivity index (χ2v) is 10.7. The first kappa shape index (κ1) is 30.1. The third-order valence-electron chi connectivity index (χ3n) is 5.97. The smallest absolute Gasteiger partial charge is 0.294 e. The molecule has 0 fully saturated rings. The van der Waals surface area contributed by atoms with Crippen LogP contribution in [0.1, 0.15) is 103 Å². The molecule has 0 heterocycles. The van der Waals surface area contributed by atoms with Gasteiger partial charge >= 0.3 is 0 Å². The highest BCUT2D eigenvalue weighted by Gasteiger charge is 2.19. The Hall–Kier alpha value is -0.910. The van der Waals surface area contributed by atoms with Crippen molar-refractivity contribution in [3.05, 3.63) is 29.8 Å². The molecular formula is C26H50NO3S+. The summed E-state index contributed by atoms with van der Waals surface area (Å²) in [5.41, 5.74) is 0.956. The van der Waals surface area contributed by atoms with Crippen molar-refractivity contribution in [3.63, 3.8) is 0 Å². The fraction of sp³-hybridized carbons (Fsp3) is 0.769. The van der Waals surface area contributed by atoms with Crippen LogP contribution in [-0.4, -0.2) is 44.1 Å². The lowest BCUT2D eigenvalue weighted by Gasteiger charge is -2.35. The Balaban J connectivity index is 0.000000683. The van der Waals surface area contributed by atoms with Crippen LogP contribution in [0, 0.1) is 6.92 Å². The largest absolute Gasteiger partial charge is 0.326 e. The summed E-state index contributed by atoms with van der Waals surface area (Å²) in [6.45, 7) is 13.0. The van der Waals surface area contributed by atoms with Gasteiger partial charge in [-0.05, 0) is 57.6 Å². The summed E-state index contributed by atoms with van der Waals surface area (Å²) < 4.78 is 30.9. The predicted molar refractivity (Wildman–Crippen MR) is 134 cm³/mol. The zero-order chi connectivity index (χ0) is 23.6. The van der Waals surface area contributed by atoms with E-state index < -0.39 is 10.1 Å². The lowest BCUT2D eigenvalue weighted by atomic mass is 10.1. The summed E-state index contributed by atoms with van der Waals surface area (Å²) in [4.78, 5) is -0.0666. The van der Waals surface area contributed by atoms with E-state index in [1.165, 1.54) is 113 Å². The van der Waals surface area contributed by atoms with Crippen molar-refractivity contribution in [3.8, 4) is 0 Å². The van der Waals surface area contributed by atoms with E-state index in [9.17, 15) is 8.42 Å². The van der Waals surface area contributed by atoms with Gasteiger partial charge in [0.05, 0.1) is 31.6 Å². The Labute approximate surface area is 193 Å². The van der Waals surface area contributed by atoms with Crippen molar-refractivity contribution < 1.29 is 17.5 Å². The van der Waals surface area contributed by atoms with Crippen LogP contribution in [0.5, 0.6) is 0 Å². The average Bonchev–Trinajstić information content (AvgIpc) is 2.72. The minimum Gasteiger partial charge on any atom is -0.326 e. The third kappa shape index (κ3) is 16.4. The molecule has 0 saturated heterocycles. The van der Waals surface area contributed by atoms with Crippen LogP contribution in [0.25, 0.3) is 0 Å². The second-order valence-electron chi connectivity index (χ2n) is 9.26. The Morgan fingerprint density at radius 2 is 1.03 bits per heavy atom. The summed E-state index contributed by atoms with van der Waals surface area (Å²) in [6, 6.07) is 5.99. The zero-order valence-electron chi connectivity index (χ0n) is 21.0. The summed E-state index contributed by atoms with van der Waals surface area (Å²) in [6.07, 6.45) is 17.0. The van der Waals surface area contributed by atoms with Crippen LogP contribution < -0.4 is 0 Å². The Morgan fingerprint density at radius 1 is 0.677 bits per heavy atom. The highest BCUT2D eigenvalue weighted by Crippen LogP contribution is 2.14. The van der Waals surface area contributed by atoms with Gasteiger partial charge in [0.2, 0.25) is 0 Å². The quantitative estimate of drug-likeness (QED) is 0.160. The van der Waals surface area contributed by atoms with E-state index in [1.54, 1.807) is 12.1 Å². The normalized spacial score (nSPS) is 11.8. The summed E-state index contributed by atoms with van der Waals surface area (Å²) in [5.74, 6) is 0. The molecule has 1 aromatic carbocycles. The summed E-state index contributed by atoms with van der Waals surface area (Å²) in [5, 5.41) is 0. The lowest BCUT2D eigenvalue weighted by molar-refractivity contribution is -0.910. The van der Waals surface area contributed by atoms with Crippen molar-refractivity contribution in [1.82, 2.24) is 0 Å². The molecule has 0 aliphatic heterocycles. The standard InChI is InChI=1S/C19H42N.C7H8O3S/c1-5-8-11-14-17-20(4,18-15-12-9-6-2)19-16-13-10-7-3;1-6-2-4-7(5-3-6)11(8,9)10/h5-19H2,1-4H3;2-5H,1H3,(H,8,9,10)/q+1;. The minimum absolute atomic E-state index is 0.0666.